The van der Waals surface area contributed by atoms with Gasteiger partial charge in [0.2, 0.25) is 0 Å². The van der Waals surface area contributed by atoms with Crippen molar-refractivity contribution in [3.8, 4) is 17.6 Å². The molecule has 0 bridgehead atoms. The summed E-state index contributed by atoms with van der Waals surface area (Å²) in [5.74, 6) is 6.41. The molecule has 0 saturated heterocycles. The maximum atomic E-state index is 9.50. The Balaban J connectivity index is 2.33. The monoisotopic (exact) mass is 278 g/mol. The average Bonchev–Trinajstić information content (AvgIpc) is 2.50. The van der Waals surface area contributed by atoms with E-state index < -0.39 is 6.10 Å². The Morgan fingerprint density at radius 2 is 1.95 bits per heavy atom. The van der Waals surface area contributed by atoms with Crippen LogP contribution in [0.15, 0.2) is 24.3 Å². The largest absolute Gasteiger partial charge is 0.497 e. The van der Waals surface area contributed by atoms with E-state index >= 15 is 0 Å². The fraction of sp³-hybridized carbons (Fsp3) is 0.500. The Morgan fingerprint density at radius 1 is 1.25 bits per heavy atom. The van der Waals surface area contributed by atoms with Gasteiger partial charge in [-0.2, -0.15) is 0 Å². The van der Waals surface area contributed by atoms with E-state index in [-0.39, 0.29) is 12.5 Å². The van der Waals surface area contributed by atoms with E-state index in [1.807, 2.05) is 31.2 Å². The van der Waals surface area contributed by atoms with Gasteiger partial charge in [0.15, 0.2) is 0 Å². The van der Waals surface area contributed by atoms with Crippen LogP contribution in [0.4, 0.5) is 0 Å². The second-order valence-electron chi connectivity index (χ2n) is 4.43. The second kappa shape index (κ2) is 9.38. The molecule has 0 aliphatic heterocycles. The van der Waals surface area contributed by atoms with Crippen molar-refractivity contribution in [2.75, 3.05) is 20.3 Å². The molecule has 110 valence electrons. The maximum Gasteiger partial charge on any atom is 0.118 e. The molecule has 2 N–H and O–H groups in total. The SMILES string of the molecule is CC[C@@H](C#CCOCc1ccc(OC)cc1)[C@@H](O)CO. The summed E-state index contributed by atoms with van der Waals surface area (Å²) < 4.78 is 10.5. The van der Waals surface area contributed by atoms with Crippen LogP contribution in [-0.2, 0) is 11.3 Å². The highest BCUT2D eigenvalue weighted by Crippen LogP contribution is 2.11. The lowest BCUT2D eigenvalue weighted by Crippen LogP contribution is -2.22. The van der Waals surface area contributed by atoms with Gasteiger partial charge in [-0.15, -0.1) is 0 Å². The summed E-state index contributed by atoms with van der Waals surface area (Å²) in [4.78, 5) is 0. The van der Waals surface area contributed by atoms with Crippen molar-refractivity contribution in [1.29, 1.82) is 0 Å². The first-order valence-electron chi connectivity index (χ1n) is 6.69. The molecule has 0 amide bonds. The van der Waals surface area contributed by atoms with Crippen LogP contribution in [-0.4, -0.2) is 36.6 Å². The Bertz CT molecular complexity index is 430. The lowest BCUT2D eigenvalue weighted by atomic mass is 10.0. The number of hydrogen-bond acceptors (Lipinski definition) is 4. The lowest BCUT2D eigenvalue weighted by Gasteiger charge is -2.12. The zero-order valence-corrected chi connectivity index (χ0v) is 12.0. The van der Waals surface area contributed by atoms with Crippen molar-refractivity contribution in [3.63, 3.8) is 0 Å². The van der Waals surface area contributed by atoms with Gasteiger partial charge in [0.05, 0.1) is 26.4 Å². The van der Waals surface area contributed by atoms with Gasteiger partial charge in [-0.3, -0.25) is 0 Å². The number of aliphatic hydroxyl groups is 2. The van der Waals surface area contributed by atoms with E-state index in [0.29, 0.717) is 19.6 Å². The van der Waals surface area contributed by atoms with Crippen LogP contribution < -0.4 is 4.74 Å². The molecular formula is C16H22O4. The molecule has 4 heteroatoms. The Labute approximate surface area is 120 Å². The first-order chi connectivity index (χ1) is 9.71. The molecule has 1 rings (SSSR count). The standard InChI is InChI=1S/C16H22O4/c1-3-14(16(18)11-17)5-4-10-20-12-13-6-8-15(19-2)9-7-13/h6-9,14,16-18H,3,10-12H2,1-2H3/t14-,16-/m0/s1. The van der Waals surface area contributed by atoms with Crippen molar-refractivity contribution in [1.82, 2.24) is 0 Å². The highest BCUT2D eigenvalue weighted by molar-refractivity contribution is 5.26. The first-order valence-corrected chi connectivity index (χ1v) is 6.69. The normalized spacial score (nSPS) is 13.2. The first kappa shape index (κ1) is 16.5. The average molecular weight is 278 g/mol. The molecule has 0 aliphatic rings. The minimum Gasteiger partial charge on any atom is -0.497 e. The molecule has 0 radical (unpaired) electrons. The van der Waals surface area contributed by atoms with Crippen molar-refractivity contribution in [3.05, 3.63) is 29.8 Å². The Morgan fingerprint density at radius 3 is 2.50 bits per heavy atom. The fourth-order valence-electron chi connectivity index (χ4n) is 1.71. The van der Waals surface area contributed by atoms with Crippen LogP contribution in [0.25, 0.3) is 0 Å². The summed E-state index contributed by atoms with van der Waals surface area (Å²) in [6, 6.07) is 7.65. The van der Waals surface area contributed by atoms with Gasteiger partial charge in [-0.05, 0) is 24.1 Å². The summed E-state index contributed by atoms with van der Waals surface area (Å²) in [5.41, 5.74) is 1.05. The number of benzene rings is 1. The van der Waals surface area contributed by atoms with E-state index in [9.17, 15) is 5.11 Å². The van der Waals surface area contributed by atoms with Crippen molar-refractivity contribution in [2.45, 2.75) is 26.1 Å². The van der Waals surface area contributed by atoms with E-state index in [1.165, 1.54) is 0 Å². The minimum absolute atomic E-state index is 0.204. The Kier molecular flexibility index (Phi) is 7.74. The predicted molar refractivity (Wildman–Crippen MR) is 77.3 cm³/mol. The van der Waals surface area contributed by atoms with Crippen LogP contribution in [0.5, 0.6) is 5.75 Å². The summed E-state index contributed by atoms with van der Waals surface area (Å²) >= 11 is 0. The topological polar surface area (TPSA) is 58.9 Å². The third-order valence-electron chi connectivity index (χ3n) is 2.98. The quantitative estimate of drug-likeness (QED) is 0.587. The molecule has 0 unspecified atom stereocenters. The second-order valence-corrected chi connectivity index (χ2v) is 4.43. The van der Waals surface area contributed by atoms with Gasteiger partial charge < -0.3 is 19.7 Å². The number of ether oxygens (including phenoxy) is 2. The van der Waals surface area contributed by atoms with Crippen LogP contribution >= 0.6 is 0 Å². The highest BCUT2D eigenvalue weighted by atomic mass is 16.5. The van der Waals surface area contributed by atoms with Gasteiger partial charge in [0.1, 0.15) is 12.4 Å². The molecule has 4 nitrogen and oxygen atoms in total. The molecule has 1 aromatic rings. The number of methoxy groups -OCH3 is 1. The van der Waals surface area contributed by atoms with Crippen LogP contribution in [0.3, 0.4) is 0 Å². The van der Waals surface area contributed by atoms with Crippen molar-refractivity contribution < 1.29 is 19.7 Å². The summed E-state index contributed by atoms with van der Waals surface area (Å²) in [7, 11) is 1.63. The number of aliphatic hydroxyl groups excluding tert-OH is 2. The van der Waals surface area contributed by atoms with Crippen LogP contribution in [0.1, 0.15) is 18.9 Å². The molecule has 0 spiro atoms. The van der Waals surface area contributed by atoms with Crippen molar-refractivity contribution >= 4 is 0 Å². The lowest BCUT2D eigenvalue weighted by molar-refractivity contribution is 0.0645. The van der Waals surface area contributed by atoms with Gasteiger partial charge in [0.25, 0.3) is 0 Å². The van der Waals surface area contributed by atoms with Gasteiger partial charge in [-0.25, -0.2) is 0 Å². The highest BCUT2D eigenvalue weighted by Gasteiger charge is 2.12. The predicted octanol–water partition coefficient (Wildman–Crippen LogP) is 1.59. The third kappa shape index (κ3) is 5.62. The van der Waals surface area contributed by atoms with Crippen LogP contribution in [0.2, 0.25) is 0 Å². The third-order valence-corrected chi connectivity index (χ3v) is 2.98. The maximum absolute atomic E-state index is 9.50. The zero-order chi connectivity index (χ0) is 14.8. The van der Waals surface area contributed by atoms with E-state index in [1.54, 1.807) is 7.11 Å². The molecule has 0 heterocycles. The molecule has 0 aliphatic carbocycles. The molecule has 0 saturated carbocycles. The van der Waals surface area contributed by atoms with Gasteiger partial charge in [0, 0.05) is 5.92 Å². The van der Waals surface area contributed by atoms with Gasteiger partial charge >= 0.3 is 0 Å². The summed E-state index contributed by atoms with van der Waals surface area (Å²) in [6.07, 6.45) is -0.0817. The number of rotatable bonds is 7. The summed E-state index contributed by atoms with van der Waals surface area (Å²) in [6.45, 7) is 2.45. The summed E-state index contributed by atoms with van der Waals surface area (Å²) in [5, 5.41) is 18.4. The molecule has 2 atom stereocenters. The smallest absolute Gasteiger partial charge is 0.118 e. The van der Waals surface area contributed by atoms with Crippen molar-refractivity contribution in [2.24, 2.45) is 5.92 Å². The molecule has 20 heavy (non-hydrogen) atoms. The molecule has 0 fully saturated rings. The van der Waals surface area contributed by atoms with E-state index in [0.717, 1.165) is 11.3 Å². The zero-order valence-electron chi connectivity index (χ0n) is 12.0. The van der Waals surface area contributed by atoms with Crippen LogP contribution in [0, 0.1) is 17.8 Å². The molecule has 1 aromatic carbocycles. The molecular weight excluding hydrogens is 256 g/mol. The van der Waals surface area contributed by atoms with E-state index in [4.69, 9.17) is 14.6 Å². The van der Waals surface area contributed by atoms with E-state index in [2.05, 4.69) is 11.8 Å². The fourth-order valence-corrected chi connectivity index (χ4v) is 1.71. The number of hydrogen-bond donors (Lipinski definition) is 2. The minimum atomic E-state index is -0.783. The van der Waals surface area contributed by atoms with Gasteiger partial charge in [-0.1, -0.05) is 30.9 Å². The molecule has 0 aromatic heterocycles. The Hall–Kier alpha value is -1.54.